The first kappa shape index (κ1) is 11.8. The van der Waals surface area contributed by atoms with E-state index in [-0.39, 0.29) is 5.91 Å². The molecule has 1 aliphatic rings. The molecule has 3 heteroatoms. The summed E-state index contributed by atoms with van der Waals surface area (Å²) in [7, 11) is 0. The van der Waals surface area contributed by atoms with Gasteiger partial charge in [0.1, 0.15) is 5.75 Å². The van der Waals surface area contributed by atoms with Crippen molar-refractivity contribution in [3.63, 3.8) is 0 Å². The number of ether oxygens (including phenoxy) is 1. The molecule has 3 rings (SSSR count). The van der Waals surface area contributed by atoms with Crippen molar-refractivity contribution >= 4 is 11.6 Å². The fourth-order valence-electron chi connectivity index (χ4n) is 2.35. The van der Waals surface area contributed by atoms with Gasteiger partial charge in [0.05, 0.1) is 11.3 Å². The van der Waals surface area contributed by atoms with Crippen molar-refractivity contribution in [1.82, 2.24) is 0 Å². The van der Waals surface area contributed by atoms with Gasteiger partial charge in [-0.25, -0.2) is 0 Å². The normalized spacial score (nSPS) is 13.4. The van der Waals surface area contributed by atoms with Gasteiger partial charge >= 0.3 is 0 Å². The van der Waals surface area contributed by atoms with Crippen LogP contribution in [0.15, 0.2) is 42.5 Å². The van der Waals surface area contributed by atoms with Crippen LogP contribution in [0.1, 0.15) is 22.8 Å². The number of hydrogen-bond donors (Lipinski definition) is 0. The van der Waals surface area contributed by atoms with Crippen molar-refractivity contribution in [3.05, 3.63) is 53.6 Å². The Labute approximate surface area is 112 Å². The van der Waals surface area contributed by atoms with Crippen LogP contribution in [-0.2, 0) is 0 Å². The number of anilines is 1. The average Bonchev–Trinajstić information content (AvgIpc) is 2.53. The molecule has 0 N–H and O–H groups in total. The molecule has 0 atom stereocenters. The van der Waals surface area contributed by atoms with Gasteiger partial charge < -0.3 is 9.64 Å². The molecule has 2 aromatic rings. The zero-order chi connectivity index (χ0) is 13.4. The third kappa shape index (κ3) is 1.87. The molecule has 1 amide bonds. The summed E-state index contributed by atoms with van der Waals surface area (Å²) in [5.74, 6) is 1.34. The maximum absolute atomic E-state index is 12.6. The molecule has 19 heavy (non-hydrogen) atoms. The van der Waals surface area contributed by atoms with Gasteiger partial charge in [0.15, 0.2) is 5.75 Å². The van der Waals surface area contributed by atoms with Gasteiger partial charge in [0, 0.05) is 6.54 Å². The molecular weight excluding hydrogens is 238 g/mol. The zero-order valence-electron chi connectivity index (χ0n) is 11.0. The highest BCUT2D eigenvalue weighted by Crippen LogP contribution is 2.39. The fraction of sp³-hybridized carbons (Fsp3) is 0.188. The Hall–Kier alpha value is -2.29. The van der Waals surface area contributed by atoms with E-state index in [9.17, 15) is 4.79 Å². The molecule has 0 spiro atoms. The Morgan fingerprint density at radius 3 is 2.68 bits per heavy atom. The number of carbonyl (C=O) groups excluding carboxylic acids is 1. The largest absolute Gasteiger partial charge is 0.454 e. The summed E-state index contributed by atoms with van der Waals surface area (Å²) < 4.78 is 5.92. The van der Waals surface area contributed by atoms with Crippen LogP contribution in [0.4, 0.5) is 5.69 Å². The lowest BCUT2D eigenvalue weighted by Gasteiger charge is -2.20. The summed E-state index contributed by atoms with van der Waals surface area (Å²) in [5, 5.41) is 0. The first-order valence-electron chi connectivity index (χ1n) is 6.40. The summed E-state index contributed by atoms with van der Waals surface area (Å²) in [5.41, 5.74) is 2.55. The van der Waals surface area contributed by atoms with Gasteiger partial charge in [-0.05, 0) is 43.7 Å². The molecule has 0 radical (unpaired) electrons. The highest BCUT2D eigenvalue weighted by Gasteiger charge is 2.26. The number of nitrogens with zero attached hydrogens (tertiary/aromatic N) is 1. The minimum atomic E-state index is -0.0132. The molecule has 0 fully saturated rings. The van der Waals surface area contributed by atoms with E-state index in [1.807, 2.05) is 50.2 Å². The first-order valence-corrected chi connectivity index (χ1v) is 6.40. The van der Waals surface area contributed by atoms with Crippen LogP contribution in [0.3, 0.4) is 0 Å². The monoisotopic (exact) mass is 253 g/mol. The molecule has 3 nitrogen and oxygen atoms in total. The van der Waals surface area contributed by atoms with E-state index in [2.05, 4.69) is 0 Å². The average molecular weight is 253 g/mol. The Balaban J connectivity index is 2.24. The van der Waals surface area contributed by atoms with Crippen LogP contribution >= 0.6 is 0 Å². The fourth-order valence-corrected chi connectivity index (χ4v) is 2.35. The van der Waals surface area contributed by atoms with E-state index in [4.69, 9.17) is 4.74 Å². The molecule has 2 aromatic carbocycles. The first-order chi connectivity index (χ1) is 9.20. The second-order valence-corrected chi connectivity index (χ2v) is 4.62. The lowest BCUT2D eigenvalue weighted by molar-refractivity contribution is 0.0988. The van der Waals surface area contributed by atoms with Gasteiger partial charge in [0.2, 0.25) is 0 Å². The number of carbonyl (C=O) groups is 1. The maximum Gasteiger partial charge on any atom is 0.262 e. The number of amides is 1. The Morgan fingerprint density at radius 1 is 1.11 bits per heavy atom. The minimum absolute atomic E-state index is 0.0132. The minimum Gasteiger partial charge on any atom is -0.454 e. The Morgan fingerprint density at radius 2 is 1.89 bits per heavy atom. The van der Waals surface area contributed by atoms with Crippen LogP contribution in [0.5, 0.6) is 11.5 Å². The Bertz CT molecular complexity index is 649. The third-order valence-electron chi connectivity index (χ3n) is 3.30. The van der Waals surface area contributed by atoms with Crippen LogP contribution in [0.2, 0.25) is 0 Å². The van der Waals surface area contributed by atoms with Crippen molar-refractivity contribution < 1.29 is 9.53 Å². The van der Waals surface area contributed by atoms with E-state index in [1.165, 1.54) is 0 Å². The molecule has 96 valence electrons. The quantitative estimate of drug-likeness (QED) is 0.774. The van der Waals surface area contributed by atoms with Crippen LogP contribution in [0.25, 0.3) is 0 Å². The molecule has 0 aliphatic carbocycles. The SMILES string of the molecule is CCN1C(=O)c2ccccc2Oc2cc(C)ccc21. The number of rotatable bonds is 1. The molecule has 0 unspecified atom stereocenters. The topological polar surface area (TPSA) is 29.5 Å². The molecule has 0 aromatic heterocycles. The summed E-state index contributed by atoms with van der Waals surface area (Å²) in [4.78, 5) is 14.3. The predicted molar refractivity (Wildman–Crippen MR) is 75.0 cm³/mol. The number of benzene rings is 2. The highest BCUT2D eigenvalue weighted by molar-refractivity contribution is 6.09. The number of fused-ring (bicyclic) bond motifs is 2. The summed E-state index contributed by atoms with van der Waals surface area (Å²) >= 11 is 0. The zero-order valence-corrected chi connectivity index (χ0v) is 11.0. The van der Waals surface area contributed by atoms with Crippen LogP contribution in [0, 0.1) is 6.92 Å². The maximum atomic E-state index is 12.6. The summed E-state index contributed by atoms with van der Waals surface area (Å²) in [6.07, 6.45) is 0. The van der Waals surface area contributed by atoms with E-state index >= 15 is 0 Å². The van der Waals surface area contributed by atoms with Gasteiger partial charge in [-0.1, -0.05) is 18.2 Å². The second-order valence-electron chi connectivity index (χ2n) is 4.62. The predicted octanol–water partition coefficient (Wildman–Crippen LogP) is 3.77. The summed E-state index contributed by atoms with van der Waals surface area (Å²) in [6, 6.07) is 13.3. The van der Waals surface area contributed by atoms with E-state index in [1.54, 1.807) is 11.0 Å². The summed E-state index contributed by atoms with van der Waals surface area (Å²) in [6.45, 7) is 4.60. The van der Waals surface area contributed by atoms with E-state index in [0.717, 1.165) is 17.0 Å². The molecule has 0 saturated heterocycles. The molecule has 0 saturated carbocycles. The van der Waals surface area contributed by atoms with Gasteiger partial charge in [0.25, 0.3) is 5.91 Å². The van der Waals surface area contributed by atoms with Crippen molar-refractivity contribution in [1.29, 1.82) is 0 Å². The van der Waals surface area contributed by atoms with Crippen molar-refractivity contribution in [2.24, 2.45) is 0 Å². The van der Waals surface area contributed by atoms with Gasteiger partial charge in [-0.3, -0.25) is 4.79 Å². The molecule has 1 aliphatic heterocycles. The lowest BCUT2D eigenvalue weighted by atomic mass is 10.1. The highest BCUT2D eigenvalue weighted by atomic mass is 16.5. The number of aryl methyl sites for hydroxylation is 1. The van der Waals surface area contributed by atoms with Crippen molar-refractivity contribution in [3.8, 4) is 11.5 Å². The lowest BCUT2D eigenvalue weighted by Crippen LogP contribution is -2.29. The smallest absolute Gasteiger partial charge is 0.262 e. The van der Waals surface area contributed by atoms with Crippen LogP contribution in [-0.4, -0.2) is 12.5 Å². The van der Waals surface area contributed by atoms with Crippen molar-refractivity contribution in [2.45, 2.75) is 13.8 Å². The molecule has 1 heterocycles. The third-order valence-corrected chi connectivity index (χ3v) is 3.30. The van der Waals surface area contributed by atoms with Gasteiger partial charge in [-0.2, -0.15) is 0 Å². The van der Waals surface area contributed by atoms with Crippen LogP contribution < -0.4 is 9.64 Å². The van der Waals surface area contributed by atoms with E-state index in [0.29, 0.717) is 17.9 Å². The second kappa shape index (κ2) is 4.43. The standard InChI is InChI=1S/C16H15NO2/c1-3-17-13-9-8-11(2)10-15(13)19-14-7-5-4-6-12(14)16(17)18/h4-10H,3H2,1-2H3. The Kier molecular flexibility index (Phi) is 2.75. The molecule has 0 bridgehead atoms. The van der Waals surface area contributed by atoms with E-state index < -0.39 is 0 Å². The number of para-hydroxylation sites is 1. The number of hydrogen-bond acceptors (Lipinski definition) is 2. The van der Waals surface area contributed by atoms with Gasteiger partial charge in [-0.15, -0.1) is 0 Å². The molecular formula is C16H15NO2. The van der Waals surface area contributed by atoms with Crippen molar-refractivity contribution in [2.75, 3.05) is 11.4 Å².